The maximum Gasteiger partial charge on any atom is 0.343 e. The highest BCUT2D eigenvalue weighted by molar-refractivity contribution is 8.26. The molecule has 1 aliphatic heterocycles. The Morgan fingerprint density at radius 2 is 1.73 bits per heavy atom. The minimum Gasteiger partial charge on any atom is -0.423 e. The van der Waals surface area contributed by atoms with Crippen molar-refractivity contribution in [1.82, 2.24) is 4.90 Å². The molecule has 0 N–H and O–H groups in total. The summed E-state index contributed by atoms with van der Waals surface area (Å²) in [5.74, 6) is 0.0790. The van der Waals surface area contributed by atoms with Gasteiger partial charge in [-0.2, -0.15) is 0 Å². The maximum absolute atomic E-state index is 12.9. The van der Waals surface area contributed by atoms with Crippen molar-refractivity contribution in [2.75, 3.05) is 0 Å². The van der Waals surface area contributed by atoms with E-state index in [-0.39, 0.29) is 11.9 Å². The lowest BCUT2D eigenvalue weighted by molar-refractivity contribution is -0.124. The van der Waals surface area contributed by atoms with Crippen molar-refractivity contribution in [3.63, 3.8) is 0 Å². The number of thiocarbonyl (C=S) groups is 1. The highest BCUT2D eigenvalue weighted by atomic mass is 32.2. The van der Waals surface area contributed by atoms with Gasteiger partial charge in [-0.25, -0.2) is 4.79 Å². The SMILES string of the molecule is Cc1ccc(C(=O)Oc2ccc(/C=C3\SC(=S)N(C4CCCCC4)C3=O)cc2)cc1. The lowest BCUT2D eigenvalue weighted by Crippen LogP contribution is -2.39. The molecule has 1 amide bonds. The molecule has 1 aliphatic carbocycles. The fraction of sp³-hybridized carbons (Fsp3) is 0.292. The van der Waals surface area contributed by atoms with Crippen molar-refractivity contribution in [1.29, 1.82) is 0 Å². The molecule has 0 radical (unpaired) electrons. The normalized spacial score (nSPS) is 18.8. The first-order chi connectivity index (χ1) is 14.5. The van der Waals surface area contributed by atoms with Gasteiger partial charge in [0, 0.05) is 6.04 Å². The van der Waals surface area contributed by atoms with Gasteiger partial charge in [0.1, 0.15) is 10.1 Å². The van der Waals surface area contributed by atoms with Crippen LogP contribution in [0.25, 0.3) is 6.08 Å². The van der Waals surface area contributed by atoms with E-state index in [1.54, 1.807) is 24.3 Å². The molecule has 0 atom stereocenters. The number of ether oxygens (including phenoxy) is 1. The summed E-state index contributed by atoms with van der Waals surface area (Å²) in [7, 11) is 0. The number of rotatable bonds is 4. The summed E-state index contributed by atoms with van der Waals surface area (Å²) in [6.45, 7) is 1.97. The Kier molecular flexibility index (Phi) is 6.35. The number of hydrogen-bond acceptors (Lipinski definition) is 5. The number of hydrogen-bond donors (Lipinski definition) is 0. The number of thioether (sulfide) groups is 1. The minimum absolute atomic E-state index is 0.00627. The van der Waals surface area contributed by atoms with Crippen LogP contribution in [0.3, 0.4) is 0 Å². The standard InChI is InChI=1S/C24H23NO3S2/c1-16-7-11-18(12-8-16)23(27)28-20-13-9-17(10-14-20)15-21-22(26)25(24(29)30-21)19-5-3-2-4-6-19/h7-15,19H,2-6H2,1H3/b21-15-. The molecule has 0 aromatic heterocycles. The van der Waals surface area contributed by atoms with E-state index in [1.165, 1.54) is 18.2 Å². The van der Waals surface area contributed by atoms with Crippen molar-refractivity contribution in [3.8, 4) is 5.75 Å². The molecule has 6 heteroatoms. The third kappa shape index (κ3) is 4.65. The van der Waals surface area contributed by atoms with Gasteiger partial charge < -0.3 is 4.74 Å². The molecule has 1 saturated heterocycles. The van der Waals surface area contributed by atoms with Gasteiger partial charge >= 0.3 is 5.97 Å². The second-order valence-electron chi connectivity index (χ2n) is 7.67. The largest absolute Gasteiger partial charge is 0.423 e. The van der Waals surface area contributed by atoms with E-state index in [0.29, 0.717) is 20.5 Å². The molecular weight excluding hydrogens is 414 g/mol. The molecule has 154 valence electrons. The summed E-state index contributed by atoms with van der Waals surface area (Å²) in [6, 6.07) is 14.6. The second kappa shape index (κ2) is 9.14. The Balaban J connectivity index is 1.43. The number of carbonyl (C=O) groups excluding carboxylic acids is 2. The topological polar surface area (TPSA) is 46.6 Å². The van der Waals surface area contributed by atoms with E-state index in [1.807, 2.05) is 42.2 Å². The van der Waals surface area contributed by atoms with Gasteiger partial charge in [0.05, 0.1) is 10.5 Å². The highest BCUT2D eigenvalue weighted by Crippen LogP contribution is 2.37. The van der Waals surface area contributed by atoms with Gasteiger partial charge in [-0.15, -0.1) is 0 Å². The van der Waals surface area contributed by atoms with Crippen molar-refractivity contribution in [2.45, 2.75) is 45.1 Å². The van der Waals surface area contributed by atoms with Crippen LogP contribution in [-0.4, -0.2) is 27.1 Å². The van der Waals surface area contributed by atoms with E-state index < -0.39 is 5.97 Å². The van der Waals surface area contributed by atoms with Crippen LogP contribution >= 0.6 is 24.0 Å². The zero-order valence-corrected chi connectivity index (χ0v) is 18.4. The first kappa shape index (κ1) is 20.8. The summed E-state index contributed by atoms with van der Waals surface area (Å²) in [5, 5.41) is 0. The molecule has 2 aromatic rings. The van der Waals surface area contributed by atoms with Gasteiger partial charge in [-0.1, -0.05) is 73.1 Å². The van der Waals surface area contributed by atoms with Crippen LogP contribution < -0.4 is 4.74 Å². The molecule has 2 aromatic carbocycles. The number of amides is 1. The summed E-state index contributed by atoms with van der Waals surface area (Å²) in [5.41, 5.74) is 2.47. The summed E-state index contributed by atoms with van der Waals surface area (Å²) in [6.07, 6.45) is 7.46. The van der Waals surface area contributed by atoms with E-state index in [0.717, 1.165) is 36.8 Å². The van der Waals surface area contributed by atoms with E-state index >= 15 is 0 Å². The van der Waals surface area contributed by atoms with E-state index in [9.17, 15) is 9.59 Å². The highest BCUT2D eigenvalue weighted by Gasteiger charge is 2.37. The number of esters is 1. The van der Waals surface area contributed by atoms with Crippen LogP contribution in [0.4, 0.5) is 0 Å². The van der Waals surface area contributed by atoms with E-state index in [2.05, 4.69) is 0 Å². The molecule has 0 spiro atoms. The molecular formula is C24H23NO3S2. The Labute approximate surface area is 186 Å². The minimum atomic E-state index is -0.392. The number of benzene rings is 2. The zero-order valence-electron chi connectivity index (χ0n) is 16.8. The molecule has 1 saturated carbocycles. The Morgan fingerprint density at radius 1 is 1.07 bits per heavy atom. The molecule has 4 rings (SSSR count). The van der Waals surface area contributed by atoms with Crippen LogP contribution in [0, 0.1) is 6.92 Å². The quantitative estimate of drug-likeness (QED) is 0.264. The van der Waals surface area contributed by atoms with Gasteiger partial charge in [-0.3, -0.25) is 9.69 Å². The molecule has 30 heavy (non-hydrogen) atoms. The average Bonchev–Trinajstić information content (AvgIpc) is 3.03. The van der Waals surface area contributed by atoms with Crippen molar-refractivity contribution >= 4 is 46.3 Å². The van der Waals surface area contributed by atoms with Crippen molar-refractivity contribution in [3.05, 3.63) is 70.1 Å². The van der Waals surface area contributed by atoms with Crippen LogP contribution in [0.15, 0.2) is 53.4 Å². The monoisotopic (exact) mass is 437 g/mol. The van der Waals surface area contributed by atoms with Crippen LogP contribution in [0.1, 0.15) is 53.6 Å². The van der Waals surface area contributed by atoms with Gasteiger partial charge in [0.2, 0.25) is 0 Å². The fourth-order valence-corrected chi connectivity index (χ4v) is 5.17. The first-order valence-electron chi connectivity index (χ1n) is 10.2. The van der Waals surface area contributed by atoms with Crippen LogP contribution in [0.5, 0.6) is 5.75 Å². The summed E-state index contributed by atoms with van der Waals surface area (Å²) in [4.78, 5) is 27.6. The Hall–Kier alpha value is -2.44. The zero-order chi connectivity index (χ0) is 21.1. The predicted molar refractivity (Wildman–Crippen MR) is 124 cm³/mol. The van der Waals surface area contributed by atoms with Crippen molar-refractivity contribution in [2.24, 2.45) is 0 Å². The third-order valence-electron chi connectivity index (χ3n) is 5.44. The lowest BCUT2D eigenvalue weighted by atomic mass is 9.94. The second-order valence-corrected chi connectivity index (χ2v) is 9.34. The molecule has 0 unspecified atom stereocenters. The Morgan fingerprint density at radius 3 is 2.40 bits per heavy atom. The number of nitrogens with zero attached hydrogens (tertiary/aromatic N) is 1. The molecule has 1 heterocycles. The van der Waals surface area contributed by atoms with Gasteiger partial charge in [0.25, 0.3) is 5.91 Å². The number of aryl methyl sites for hydroxylation is 1. The molecule has 2 aliphatic rings. The van der Waals surface area contributed by atoms with Crippen LogP contribution in [-0.2, 0) is 4.79 Å². The van der Waals surface area contributed by atoms with Crippen LogP contribution in [0.2, 0.25) is 0 Å². The predicted octanol–water partition coefficient (Wildman–Crippen LogP) is 5.75. The molecule has 4 nitrogen and oxygen atoms in total. The van der Waals surface area contributed by atoms with E-state index in [4.69, 9.17) is 17.0 Å². The van der Waals surface area contributed by atoms with Gasteiger partial charge in [-0.05, 0) is 55.7 Å². The molecule has 0 bridgehead atoms. The maximum atomic E-state index is 12.9. The first-order valence-corrected chi connectivity index (χ1v) is 11.4. The summed E-state index contributed by atoms with van der Waals surface area (Å²) < 4.78 is 6.09. The smallest absolute Gasteiger partial charge is 0.343 e. The lowest BCUT2D eigenvalue weighted by Gasteiger charge is -2.29. The summed E-state index contributed by atoms with van der Waals surface area (Å²) >= 11 is 6.85. The number of carbonyl (C=O) groups is 2. The molecule has 2 fully saturated rings. The average molecular weight is 438 g/mol. The van der Waals surface area contributed by atoms with Gasteiger partial charge in [0.15, 0.2) is 0 Å². The third-order valence-corrected chi connectivity index (χ3v) is 6.77. The van der Waals surface area contributed by atoms with Crippen molar-refractivity contribution < 1.29 is 14.3 Å². The fourth-order valence-electron chi connectivity index (χ4n) is 3.77. The Bertz CT molecular complexity index is 990.